The molecule has 0 bridgehead atoms. The first kappa shape index (κ1) is 20.9. The second-order valence-electron chi connectivity index (χ2n) is 5.72. The summed E-state index contributed by atoms with van der Waals surface area (Å²) in [6.45, 7) is 0. The number of benzene rings is 3. The molecule has 0 saturated heterocycles. The average Bonchev–Trinajstić information content (AvgIpc) is 2.74. The summed E-state index contributed by atoms with van der Waals surface area (Å²) in [5.41, 5.74) is 2.59. The molecule has 0 unspecified atom stereocenters. The lowest BCUT2D eigenvalue weighted by atomic mass is 10.1. The van der Waals surface area contributed by atoms with Gasteiger partial charge in [0.05, 0.1) is 4.91 Å². The molecule has 0 aliphatic rings. The van der Waals surface area contributed by atoms with E-state index in [-0.39, 0.29) is 10.7 Å². The third kappa shape index (κ3) is 7.48. The van der Waals surface area contributed by atoms with Crippen molar-refractivity contribution in [1.29, 1.82) is 0 Å². The molecule has 3 aromatic rings. The van der Waals surface area contributed by atoms with Crippen molar-refractivity contribution >= 4 is 36.5 Å². The first-order valence-electron chi connectivity index (χ1n) is 8.58. The number of allylic oxidation sites excluding steroid dienone is 1. The fourth-order valence-electron chi connectivity index (χ4n) is 2.20. The fourth-order valence-corrected chi connectivity index (χ4v) is 2.35. The van der Waals surface area contributed by atoms with Gasteiger partial charge in [-0.25, -0.2) is 4.79 Å². The van der Waals surface area contributed by atoms with Crippen LogP contribution in [0.3, 0.4) is 0 Å². The van der Waals surface area contributed by atoms with Crippen molar-refractivity contribution in [2.45, 2.75) is 0 Å². The summed E-state index contributed by atoms with van der Waals surface area (Å²) in [4.78, 5) is 22.1. The van der Waals surface area contributed by atoms with Gasteiger partial charge in [-0.2, -0.15) is 0 Å². The van der Waals surface area contributed by atoms with Gasteiger partial charge in [0.1, 0.15) is 0 Å². The smallest absolute Gasteiger partial charge is 0.341 e. The molecule has 0 amide bonds. The second kappa shape index (κ2) is 11.4. The van der Waals surface area contributed by atoms with Gasteiger partial charge < -0.3 is 5.11 Å². The van der Waals surface area contributed by atoms with Gasteiger partial charge in [-0.3, -0.25) is 4.79 Å². The van der Waals surface area contributed by atoms with Crippen LogP contribution in [-0.2, 0) is 4.79 Å². The maximum atomic E-state index is 11.7. The number of carbonyl (C=O) groups excluding carboxylic acids is 1. The fraction of sp³-hybridized carbons (Fsp3) is 0. The minimum absolute atomic E-state index is 0.0319. The molecule has 0 aliphatic heterocycles. The Kier molecular flexibility index (Phi) is 8.50. The Morgan fingerprint density at radius 1 is 0.714 bits per heavy atom. The molecule has 3 aromatic carbocycles. The van der Waals surface area contributed by atoms with Gasteiger partial charge >= 0.3 is 5.97 Å². The summed E-state index contributed by atoms with van der Waals surface area (Å²) in [5.74, 6) is -0.980. The third-order valence-corrected chi connectivity index (χ3v) is 3.93. The largest absolute Gasteiger partial charge is 0.477 e. The molecular formula is C24H20O3S. The van der Waals surface area contributed by atoms with Crippen molar-refractivity contribution in [3.63, 3.8) is 0 Å². The van der Waals surface area contributed by atoms with Crippen molar-refractivity contribution in [2.75, 3.05) is 0 Å². The van der Waals surface area contributed by atoms with E-state index < -0.39 is 5.97 Å². The zero-order valence-electron chi connectivity index (χ0n) is 15.1. The Labute approximate surface area is 170 Å². The van der Waals surface area contributed by atoms with Crippen LogP contribution in [0.5, 0.6) is 0 Å². The highest BCUT2D eigenvalue weighted by Crippen LogP contribution is 2.09. The minimum Gasteiger partial charge on any atom is -0.477 e. The lowest BCUT2D eigenvalue weighted by molar-refractivity contribution is -0.131. The van der Waals surface area contributed by atoms with Crippen molar-refractivity contribution in [3.05, 3.63) is 119 Å². The van der Waals surface area contributed by atoms with E-state index in [1.54, 1.807) is 6.08 Å². The molecule has 3 rings (SSSR count). The van der Waals surface area contributed by atoms with Crippen molar-refractivity contribution in [1.82, 2.24) is 0 Å². The van der Waals surface area contributed by atoms with Gasteiger partial charge in [0, 0.05) is 5.56 Å². The highest BCUT2D eigenvalue weighted by atomic mass is 32.1. The summed E-state index contributed by atoms with van der Waals surface area (Å²) in [6, 6.07) is 28.2. The Bertz CT molecular complexity index is 947. The molecule has 0 heterocycles. The number of carboxylic acid groups (broad SMARTS) is 1. The maximum absolute atomic E-state index is 11.7. The lowest BCUT2D eigenvalue weighted by Gasteiger charge is -1.94. The van der Waals surface area contributed by atoms with Gasteiger partial charge in [0.25, 0.3) is 0 Å². The number of aliphatic carboxylic acids is 1. The van der Waals surface area contributed by atoms with Gasteiger partial charge in [-0.1, -0.05) is 97.1 Å². The van der Waals surface area contributed by atoms with Crippen LogP contribution in [0.4, 0.5) is 0 Å². The summed E-state index contributed by atoms with van der Waals surface area (Å²) in [6.07, 6.45) is 4.94. The number of ketones is 1. The number of carboxylic acids is 1. The van der Waals surface area contributed by atoms with E-state index in [2.05, 4.69) is 12.6 Å². The zero-order valence-corrected chi connectivity index (χ0v) is 16.0. The molecule has 28 heavy (non-hydrogen) atoms. The van der Waals surface area contributed by atoms with Crippen LogP contribution in [0.2, 0.25) is 0 Å². The van der Waals surface area contributed by atoms with Crippen LogP contribution in [0.25, 0.3) is 12.2 Å². The van der Waals surface area contributed by atoms with Crippen molar-refractivity contribution < 1.29 is 14.7 Å². The molecule has 0 atom stereocenters. The van der Waals surface area contributed by atoms with E-state index in [1.807, 2.05) is 97.1 Å². The van der Waals surface area contributed by atoms with Gasteiger partial charge in [-0.05, 0) is 23.3 Å². The molecule has 4 heteroatoms. The van der Waals surface area contributed by atoms with Crippen LogP contribution in [0.1, 0.15) is 21.5 Å². The van der Waals surface area contributed by atoms with Crippen LogP contribution in [-0.4, -0.2) is 16.9 Å². The quantitative estimate of drug-likeness (QED) is 0.339. The topological polar surface area (TPSA) is 54.4 Å². The lowest BCUT2D eigenvalue weighted by Crippen LogP contribution is -1.92. The van der Waals surface area contributed by atoms with Crippen LogP contribution < -0.4 is 0 Å². The molecule has 0 spiro atoms. The predicted molar refractivity (Wildman–Crippen MR) is 117 cm³/mol. The van der Waals surface area contributed by atoms with E-state index in [0.29, 0.717) is 0 Å². The predicted octanol–water partition coefficient (Wildman–Crippen LogP) is 5.62. The van der Waals surface area contributed by atoms with Gasteiger partial charge in [0.2, 0.25) is 0 Å². The number of hydrogen-bond donors (Lipinski definition) is 2. The Morgan fingerprint density at radius 3 is 1.68 bits per heavy atom. The first-order chi connectivity index (χ1) is 13.6. The molecule has 0 radical (unpaired) electrons. The number of rotatable bonds is 5. The third-order valence-electron chi connectivity index (χ3n) is 3.61. The summed E-state index contributed by atoms with van der Waals surface area (Å²) < 4.78 is 0. The standard InChI is InChI=1S/C15H12O.C9H8O2S/c16-15(14-9-5-2-6-10-14)12-11-13-7-3-1-4-8-13;10-9(11)8(12)6-7-4-2-1-3-5-7/h1-12H;1-6,12H,(H,10,11). The van der Waals surface area contributed by atoms with E-state index >= 15 is 0 Å². The van der Waals surface area contributed by atoms with E-state index in [0.717, 1.165) is 16.7 Å². The highest BCUT2D eigenvalue weighted by Gasteiger charge is 2.00. The molecule has 0 aromatic heterocycles. The van der Waals surface area contributed by atoms with E-state index in [9.17, 15) is 9.59 Å². The normalized spacial score (nSPS) is 10.8. The first-order valence-corrected chi connectivity index (χ1v) is 9.02. The second-order valence-corrected chi connectivity index (χ2v) is 6.20. The van der Waals surface area contributed by atoms with E-state index in [4.69, 9.17) is 5.11 Å². The average molecular weight is 388 g/mol. The molecular weight excluding hydrogens is 368 g/mol. The molecule has 140 valence electrons. The minimum atomic E-state index is -1.01. The zero-order chi connectivity index (χ0) is 20.2. The molecule has 0 aliphatic carbocycles. The van der Waals surface area contributed by atoms with Crippen LogP contribution in [0.15, 0.2) is 102 Å². The number of hydrogen-bond acceptors (Lipinski definition) is 3. The Morgan fingerprint density at radius 2 is 1.18 bits per heavy atom. The number of thiol groups is 1. The Hall–Kier alpha value is -3.37. The van der Waals surface area contributed by atoms with Gasteiger partial charge in [0.15, 0.2) is 5.78 Å². The highest BCUT2D eigenvalue weighted by molar-refractivity contribution is 7.85. The molecule has 1 N–H and O–H groups in total. The summed E-state index contributed by atoms with van der Waals surface area (Å²) in [7, 11) is 0. The van der Waals surface area contributed by atoms with Crippen molar-refractivity contribution in [3.8, 4) is 0 Å². The van der Waals surface area contributed by atoms with Gasteiger partial charge in [-0.15, -0.1) is 12.6 Å². The van der Waals surface area contributed by atoms with Crippen LogP contribution in [0, 0.1) is 0 Å². The molecule has 3 nitrogen and oxygen atoms in total. The SMILES string of the molecule is O=C(C=Cc1ccccc1)c1ccccc1.O=C(O)C(S)=Cc1ccccc1. The summed E-state index contributed by atoms with van der Waals surface area (Å²) >= 11 is 3.80. The number of carbonyl (C=O) groups is 2. The van der Waals surface area contributed by atoms with Crippen molar-refractivity contribution in [2.24, 2.45) is 0 Å². The van der Waals surface area contributed by atoms with E-state index in [1.165, 1.54) is 6.08 Å². The van der Waals surface area contributed by atoms with Crippen LogP contribution >= 0.6 is 12.6 Å². The maximum Gasteiger partial charge on any atom is 0.341 e. The summed E-state index contributed by atoms with van der Waals surface area (Å²) in [5, 5.41) is 8.50. The molecule has 0 fully saturated rings. The molecule has 0 saturated carbocycles. The monoisotopic (exact) mass is 388 g/mol. The Balaban J connectivity index is 0.000000209.